The standard InChI is InChI=1S/C21H33N3O/c1-16-4-8-23(9-5-16)15-19-6-10-24(11-7-19)21(25)22-20-13-17(2)12-18(3)14-20/h12-14,16,19H,4-11,15H2,1-3H3,(H,22,25). The molecule has 0 saturated carbocycles. The van der Waals surface area contributed by atoms with E-state index in [1.807, 2.05) is 17.0 Å². The Bertz CT molecular complexity index is 565. The molecule has 3 rings (SSSR count). The summed E-state index contributed by atoms with van der Waals surface area (Å²) < 4.78 is 0. The fourth-order valence-electron chi connectivity index (χ4n) is 4.18. The second-order valence-corrected chi connectivity index (χ2v) is 8.22. The molecule has 2 heterocycles. The third-order valence-corrected chi connectivity index (χ3v) is 5.77. The van der Waals surface area contributed by atoms with Gasteiger partial charge in [0.15, 0.2) is 0 Å². The minimum Gasteiger partial charge on any atom is -0.325 e. The lowest BCUT2D eigenvalue weighted by Crippen LogP contribution is -2.44. The van der Waals surface area contributed by atoms with Gasteiger partial charge in [0, 0.05) is 25.3 Å². The van der Waals surface area contributed by atoms with E-state index in [9.17, 15) is 4.79 Å². The van der Waals surface area contributed by atoms with Crippen LogP contribution in [0, 0.1) is 25.7 Å². The van der Waals surface area contributed by atoms with Gasteiger partial charge in [0.05, 0.1) is 0 Å². The van der Waals surface area contributed by atoms with Crippen LogP contribution in [0.5, 0.6) is 0 Å². The van der Waals surface area contributed by atoms with Crippen molar-refractivity contribution in [2.24, 2.45) is 11.8 Å². The quantitative estimate of drug-likeness (QED) is 0.889. The van der Waals surface area contributed by atoms with Gasteiger partial charge in [0.2, 0.25) is 0 Å². The van der Waals surface area contributed by atoms with Gasteiger partial charge in [0.25, 0.3) is 0 Å². The maximum Gasteiger partial charge on any atom is 0.321 e. The highest BCUT2D eigenvalue weighted by Gasteiger charge is 2.25. The molecule has 4 heteroatoms. The van der Waals surface area contributed by atoms with E-state index in [1.165, 1.54) is 43.6 Å². The molecule has 4 nitrogen and oxygen atoms in total. The summed E-state index contributed by atoms with van der Waals surface area (Å²) >= 11 is 0. The number of amides is 2. The van der Waals surface area contributed by atoms with Gasteiger partial charge in [-0.15, -0.1) is 0 Å². The highest BCUT2D eigenvalue weighted by atomic mass is 16.2. The summed E-state index contributed by atoms with van der Waals surface area (Å²) in [6.07, 6.45) is 4.95. The molecule has 2 aliphatic heterocycles. The van der Waals surface area contributed by atoms with Crippen molar-refractivity contribution in [1.29, 1.82) is 0 Å². The zero-order valence-corrected chi connectivity index (χ0v) is 16.1. The first-order valence-electron chi connectivity index (χ1n) is 9.86. The van der Waals surface area contributed by atoms with Gasteiger partial charge in [-0.2, -0.15) is 0 Å². The molecule has 1 aromatic rings. The molecule has 2 fully saturated rings. The maximum absolute atomic E-state index is 12.5. The molecule has 1 N–H and O–H groups in total. The average Bonchev–Trinajstić information content (AvgIpc) is 2.56. The van der Waals surface area contributed by atoms with Crippen LogP contribution in [0.1, 0.15) is 43.7 Å². The van der Waals surface area contributed by atoms with Crippen molar-refractivity contribution < 1.29 is 4.79 Å². The Balaban J connectivity index is 1.44. The van der Waals surface area contributed by atoms with Gasteiger partial charge in [-0.25, -0.2) is 4.79 Å². The van der Waals surface area contributed by atoms with Crippen molar-refractivity contribution in [3.63, 3.8) is 0 Å². The first-order chi connectivity index (χ1) is 12.0. The van der Waals surface area contributed by atoms with Crippen LogP contribution in [-0.2, 0) is 0 Å². The summed E-state index contributed by atoms with van der Waals surface area (Å²) in [5.41, 5.74) is 3.28. The molecule has 0 aliphatic carbocycles. The van der Waals surface area contributed by atoms with Gasteiger partial charge in [-0.05, 0) is 87.7 Å². The number of nitrogens with one attached hydrogen (secondary N) is 1. The molecule has 0 radical (unpaired) electrons. The number of benzene rings is 1. The largest absolute Gasteiger partial charge is 0.325 e. The number of carbonyl (C=O) groups is 1. The lowest BCUT2D eigenvalue weighted by Gasteiger charge is -2.37. The number of anilines is 1. The number of hydrogen-bond donors (Lipinski definition) is 1. The summed E-state index contributed by atoms with van der Waals surface area (Å²) in [5, 5.41) is 3.07. The Labute approximate surface area is 152 Å². The molecule has 2 saturated heterocycles. The van der Waals surface area contributed by atoms with Gasteiger partial charge in [-0.3, -0.25) is 0 Å². The van der Waals surface area contributed by atoms with E-state index in [2.05, 4.69) is 37.1 Å². The predicted octanol–water partition coefficient (Wildman–Crippen LogP) is 4.28. The van der Waals surface area contributed by atoms with Crippen LogP contribution >= 0.6 is 0 Å². The zero-order chi connectivity index (χ0) is 17.8. The number of carbonyl (C=O) groups excluding carboxylic acids is 1. The molecule has 0 atom stereocenters. The Kier molecular flexibility index (Phi) is 6.00. The van der Waals surface area contributed by atoms with Crippen molar-refractivity contribution in [2.75, 3.05) is 38.0 Å². The van der Waals surface area contributed by atoms with E-state index in [4.69, 9.17) is 0 Å². The second-order valence-electron chi connectivity index (χ2n) is 8.22. The lowest BCUT2D eigenvalue weighted by molar-refractivity contribution is 0.130. The minimum atomic E-state index is 0.0512. The van der Waals surface area contributed by atoms with Crippen LogP contribution in [0.4, 0.5) is 10.5 Å². The van der Waals surface area contributed by atoms with Crippen molar-refractivity contribution in [2.45, 2.75) is 46.5 Å². The Hall–Kier alpha value is -1.55. The summed E-state index contributed by atoms with van der Waals surface area (Å²) in [4.78, 5) is 17.1. The van der Waals surface area contributed by atoms with Crippen LogP contribution in [0.2, 0.25) is 0 Å². The van der Waals surface area contributed by atoms with Crippen LogP contribution < -0.4 is 5.32 Å². The third kappa shape index (κ3) is 5.21. The topological polar surface area (TPSA) is 35.6 Å². The Morgan fingerprint density at radius 2 is 1.60 bits per heavy atom. The molecule has 2 amide bonds. The summed E-state index contributed by atoms with van der Waals surface area (Å²) in [6.45, 7) is 12.0. The van der Waals surface area contributed by atoms with Crippen LogP contribution in [0.25, 0.3) is 0 Å². The summed E-state index contributed by atoms with van der Waals surface area (Å²) in [5.74, 6) is 1.64. The van der Waals surface area contributed by atoms with Crippen molar-refractivity contribution in [3.8, 4) is 0 Å². The molecule has 1 aromatic carbocycles. The first-order valence-corrected chi connectivity index (χ1v) is 9.86. The van der Waals surface area contributed by atoms with Crippen LogP contribution in [-0.4, -0.2) is 48.6 Å². The number of piperidine rings is 2. The first kappa shape index (κ1) is 18.2. The molecular formula is C21H33N3O. The number of hydrogen-bond acceptors (Lipinski definition) is 2. The number of rotatable bonds is 3. The number of urea groups is 1. The highest BCUT2D eigenvalue weighted by molar-refractivity contribution is 5.89. The van der Waals surface area contributed by atoms with Crippen LogP contribution in [0.15, 0.2) is 18.2 Å². The average molecular weight is 344 g/mol. The number of aryl methyl sites for hydroxylation is 2. The van der Waals surface area contributed by atoms with Crippen LogP contribution in [0.3, 0.4) is 0 Å². The molecular weight excluding hydrogens is 310 g/mol. The van der Waals surface area contributed by atoms with E-state index in [1.54, 1.807) is 0 Å². The van der Waals surface area contributed by atoms with E-state index in [0.717, 1.165) is 43.5 Å². The monoisotopic (exact) mass is 343 g/mol. The fraction of sp³-hybridized carbons (Fsp3) is 0.667. The third-order valence-electron chi connectivity index (χ3n) is 5.77. The molecule has 2 aliphatic rings. The summed E-state index contributed by atoms with van der Waals surface area (Å²) in [7, 11) is 0. The highest BCUT2D eigenvalue weighted by Crippen LogP contribution is 2.23. The minimum absolute atomic E-state index is 0.0512. The van der Waals surface area contributed by atoms with Gasteiger partial charge in [-0.1, -0.05) is 13.0 Å². The summed E-state index contributed by atoms with van der Waals surface area (Å²) in [6, 6.07) is 6.25. The molecule has 0 spiro atoms. The van der Waals surface area contributed by atoms with Crippen molar-refractivity contribution in [3.05, 3.63) is 29.3 Å². The van der Waals surface area contributed by atoms with Crippen molar-refractivity contribution >= 4 is 11.7 Å². The van der Waals surface area contributed by atoms with E-state index in [-0.39, 0.29) is 6.03 Å². The second kappa shape index (κ2) is 8.22. The Morgan fingerprint density at radius 3 is 2.20 bits per heavy atom. The zero-order valence-electron chi connectivity index (χ0n) is 16.1. The van der Waals surface area contributed by atoms with Gasteiger partial charge >= 0.3 is 6.03 Å². The molecule has 138 valence electrons. The predicted molar refractivity (Wildman–Crippen MR) is 104 cm³/mol. The SMILES string of the molecule is Cc1cc(C)cc(NC(=O)N2CCC(CN3CCC(C)CC3)CC2)c1. The maximum atomic E-state index is 12.5. The lowest BCUT2D eigenvalue weighted by atomic mass is 9.93. The van der Waals surface area contributed by atoms with Gasteiger partial charge in [0.1, 0.15) is 0 Å². The smallest absolute Gasteiger partial charge is 0.321 e. The van der Waals surface area contributed by atoms with Gasteiger partial charge < -0.3 is 15.1 Å². The van der Waals surface area contributed by atoms with E-state index in [0.29, 0.717) is 0 Å². The fourth-order valence-corrected chi connectivity index (χ4v) is 4.18. The van der Waals surface area contributed by atoms with E-state index < -0.39 is 0 Å². The molecule has 0 unspecified atom stereocenters. The normalized spacial score (nSPS) is 20.7. The molecule has 0 aromatic heterocycles. The Morgan fingerprint density at radius 1 is 1.00 bits per heavy atom. The van der Waals surface area contributed by atoms with E-state index >= 15 is 0 Å². The van der Waals surface area contributed by atoms with Crippen molar-refractivity contribution in [1.82, 2.24) is 9.80 Å². The molecule has 0 bridgehead atoms. The molecule has 25 heavy (non-hydrogen) atoms. The number of likely N-dealkylation sites (tertiary alicyclic amines) is 2. The number of nitrogens with zero attached hydrogens (tertiary/aromatic N) is 2.